The van der Waals surface area contributed by atoms with Gasteiger partial charge in [0.1, 0.15) is 11.4 Å². The molecule has 0 fully saturated rings. The normalized spacial score (nSPS) is 10.4. The number of nitrogens with zero attached hydrogens (tertiary/aromatic N) is 1. The minimum Gasteiger partial charge on any atom is -0.477 e. The third-order valence-electron chi connectivity index (χ3n) is 3.04. The summed E-state index contributed by atoms with van der Waals surface area (Å²) in [5.74, 6) is -1.03. The summed E-state index contributed by atoms with van der Waals surface area (Å²) in [7, 11) is 1.45. The van der Waals surface area contributed by atoms with Crippen molar-refractivity contribution in [3.05, 3.63) is 51.8 Å². The highest BCUT2D eigenvalue weighted by Gasteiger charge is 2.19. The molecule has 0 atom stereocenters. The lowest BCUT2D eigenvalue weighted by Gasteiger charge is -2.11. The predicted molar refractivity (Wildman–Crippen MR) is 73.2 cm³/mol. The van der Waals surface area contributed by atoms with Crippen LogP contribution in [0.4, 0.5) is 5.82 Å². The summed E-state index contributed by atoms with van der Waals surface area (Å²) in [4.78, 5) is 23.3. The van der Waals surface area contributed by atoms with E-state index in [0.717, 1.165) is 10.1 Å². The predicted octanol–water partition coefficient (Wildman–Crippen LogP) is 1.64. The fraction of sp³-hybridized carbons (Fsp3) is 0.143. The molecule has 5 nitrogen and oxygen atoms in total. The molecule has 0 spiro atoms. The van der Waals surface area contributed by atoms with Crippen molar-refractivity contribution in [1.82, 2.24) is 4.57 Å². The third-order valence-corrected chi connectivity index (χ3v) is 3.04. The molecule has 0 saturated heterocycles. The van der Waals surface area contributed by atoms with E-state index in [1.54, 1.807) is 12.1 Å². The lowest BCUT2D eigenvalue weighted by Crippen LogP contribution is -2.27. The van der Waals surface area contributed by atoms with Gasteiger partial charge in [-0.25, -0.2) is 4.79 Å². The van der Waals surface area contributed by atoms with Gasteiger partial charge < -0.3 is 10.8 Å². The first-order valence-electron chi connectivity index (χ1n) is 5.71. The first-order chi connectivity index (χ1) is 8.91. The molecule has 0 amide bonds. The summed E-state index contributed by atoms with van der Waals surface area (Å²) in [6, 6.07) is 8.77. The summed E-state index contributed by atoms with van der Waals surface area (Å²) in [5.41, 5.74) is 6.91. The molecular weight excluding hydrogens is 244 g/mol. The Morgan fingerprint density at radius 2 is 1.84 bits per heavy atom. The molecule has 0 bridgehead atoms. The van der Waals surface area contributed by atoms with Gasteiger partial charge in [0.2, 0.25) is 0 Å². The van der Waals surface area contributed by atoms with Crippen molar-refractivity contribution < 1.29 is 9.90 Å². The summed E-state index contributed by atoms with van der Waals surface area (Å²) >= 11 is 0. The highest BCUT2D eigenvalue weighted by atomic mass is 16.4. The van der Waals surface area contributed by atoms with E-state index >= 15 is 0 Å². The van der Waals surface area contributed by atoms with Crippen LogP contribution in [-0.2, 0) is 7.05 Å². The van der Waals surface area contributed by atoms with E-state index < -0.39 is 11.5 Å². The SMILES string of the molecule is Cc1ccc(-c2cc(N)n(C)c(=O)c2C(=O)O)cc1. The maximum absolute atomic E-state index is 12.0. The van der Waals surface area contributed by atoms with Crippen molar-refractivity contribution in [2.45, 2.75) is 6.92 Å². The van der Waals surface area contributed by atoms with Crippen LogP contribution < -0.4 is 11.3 Å². The molecule has 0 aliphatic heterocycles. The maximum atomic E-state index is 12.0. The molecule has 2 aromatic rings. The average molecular weight is 258 g/mol. The van der Waals surface area contributed by atoms with Crippen molar-refractivity contribution in [3.63, 3.8) is 0 Å². The molecule has 0 aliphatic rings. The van der Waals surface area contributed by atoms with E-state index in [4.69, 9.17) is 5.73 Å². The maximum Gasteiger partial charge on any atom is 0.341 e. The standard InChI is InChI=1S/C14H14N2O3/c1-8-3-5-9(6-4-8)10-7-11(15)16(2)13(17)12(10)14(18)19/h3-7H,15H2,1-2H3,(H,18,19). The Balaban J connectivity index is 2.79. The van der Waals surface area contributed by atoms with Crippen LogP contribution >= 0.6 is 0 Å². The zero-order valence-corrected chi connectivity index (χ0v) is 10.7. The highest BCUT2D eigenvalue weighted by Crippen LogP contribution is 2.24. The lowest BCUT2D eigenvalue weighted by molar-refractivity contribution is 0.0695. The fourth-order valence-corrected chi connectivity index (χ4v) is 1.88. The second-order valence-corrected chi connectivity index (χ2v) is 4.39. The van der Waals surface area contributed by atoms with Crippen LogP contribution in [0.25, 0.3) is 11.1 Å². The van der Waals surface area contributed by atoms with E-state index in [1.165, 1.54) is 13.1 Å². The van der Waals surface area contributed by atoms with Crippen LogP contribution in [0.2, 0.25) is 0 Å². The molecule has 0 radical (unpaired) electrons. The topological polar surface area (TPSA) is 85.3 Å². The van der Waals surface area contributed by atoms with Gasteiger partial charge in [-0.1, -0.05) is 29.8 Å². The number of nitrogen functional groups attached to an aromatic ring is 1. The van der Waals surface area contributed by atoms with Crippen molar-refractivity contribution in [2.75, 3.05) is 5.73 Å². The monoisotopic (exact) mass is 258 g/mol. The number of benzene rings is 1. The minimum atomic E-state index is -1.25. The smallest absolute Gasteiger partial charge is 0.341 e. The number of hydrogen-bond donors (Lipinski definition) is 2. The van der Waals surface area contributed by atoms with Crippen LogP contribution in [0.5, 0.6) is 0 Å². The second kappa shape index (κ2) is 4.61. The third kappa shape index (κ3) is 2.22. The Kier molecular flexibility index (Phi) is 3.12. The van der Waals surface area contributed by atoms with Crippen molar-refractivity contribution in [2.24, 2.45) is 7.05 Å². The lowest BCUT2D eigenvalue weighted by atomic mass is 10.00. The average Bonchev–Trinajstić information content (AvgIpc) is 2.36. The van der Waals surface area contributed by atoms with Crippen LogP contribution in [0, 0.1) is 6.92 Å². The summed E-state index contributed by atoms with van der Waals surface area (Å²) in [6.07, 6.45) is 0. The minimum absolute atomic E-state index is 0.227. The number of aryl methyl sites for hydroxylation is 1. The van der Waals surface area contributed by atoms with E-state index in [-0.39, 0.29) is 11.4 Å². The first kappa shape index (κ1) is 12.9. The van der Waals surface area contributed by atoms with Crippen molar-refractivity contribution >= 4 is 11.8 Å². The van der Waals surface area contributed by atoms with Gasteiger partial charge in [-0.15, -0.1) is 0 Å². The molecule has 0 saturated carbocycles. The number of pyridine rings is 1. The number of aromatic carboxylic acids is 1. The second-order valence-electron chi connectivity index (χ2n) is 4.39. The molecule has 0 unspecified atom stereocenters. The summed E-state index contributed by atoms with van der Waals surface area (Å²) in [6.45, 7) is 1.93. The van der Waals surface area contributed by atoms with Crippen LogP contribution in [0.1, 0.15) is 15.9 Å². The Hall–Kier alpha value is -2.56. The molecule has 2 rings (SSSR count). The zero-order valence-electron chi connectivity index (χ0n) is 10.7. The van der Waals surface area contributed by atoms with Gasteiger partial charge in [0.05, 0.1) is 0 Å². The number of anilines is 1. The van der Waals surface area contributed by atoms with Crippen LogP contribution in [-0.4, -0.2) is 15.6 Å². The Morgan fingerprint density at radius 1 is 1.26 bits per heavy atom. The number of hydrogen-bond acceptors (Lipinski definition) is 3. The fourth-order valence-electron chi connectivity index (χ4n) is 1.88. The quantitative estimate of drug-likeness (QED) is 0.857. The van der Waals surface area contributed by atoms with E-state index in [2.05, 4.69) is 0 Å². The summed E-state index contributed by atoms with van der Waals surface area (Å²) < 4.78 is 1.13. The molecular formula is C14H14N2O3. The largest absolute Gasteiger partial charge is 0.477 e. The molecule has 19 heavy (non-hydrogen) atoms. The molecule has 3 N–H and O–H groups in total. The number of nitrogens with two attached hydrogens (primary N) is 1. The molecule has 1 aromatic heterocycles. The van der Waals surface area contributed by atoms with Gasteiger partial charge in [-0.2, -0.15) is 0 Å². The van der Waals surface area contributed by atoms with E-state index in [9.17, 15) is 14.7 Å². The number of carboxylic acids is 1. The number of rotatable bonds is 2. The molecule has 5 heteroatoms. The van der Waals surface area contributed by atoms with Crippen LogP contribution in [0.15, 0.2) is 35.1 Å². The number of aromatic nitrogens is 1. The van der Waals surface area contributed by atoms with Crippen molar-refractivity contribution in [1.29, 1.82) is 0 Å². The number of carboxylic acid groups (broad SMARTS) is 1. The summed E-state index contributed by atoms with van der Waals surface area (Å²) in [5, 5.41) is 9.22. The van der Waals surface area contributed by atoms with Gasteiger partial charge in [0.15, 0.2) is 0 Å². The molecule has 0 aliphatic carbocycles. The van der Waals surface area contributed by atoms with Gasteiger partial charge in [-0.3, -0.25) is 9.36 Å². The van der Waals surface area contributed by atoms with Gasteiger partial charge in [0.25, 0.3) is 5.56 Å². The molecule has 1 aromatic carbocycles. The van der Waals surface area contributed by atoms with E-state index in [0.29, 0.717) is 11.1 Å². The van der Waals surface area contributed by atoms with Crippen LogP contribution in [0.3, 0.4) is 0 Å². The Labute approximate surface area is 109 Å². The Morgan fingerprint density at radius 3 is 2.37 bits per heavy atom. The van der Waals surface area contributed by atoms with Gasteiger partial charge in [0, 0.05) is 12.6 Å². The highest BCUT2D eigenvalue weighted by molar-refractivity contribution is 5.96. The van der Waals surface area contributed by atoms with Gasteiger partial charge in [-0.05, 0) is 18.6 Å². The first-order valence-corrected chi connectivity index (χ1v) is 5.71. The van der Waals surface area contributed by atoms with Gasteiger partial charge >= 0.3 is 5.97 Å². The zero-order chi connectivity index (χ0) is 14.2. The molecule has 98 valence electrons. The van der Waals surface area contributed by atoms with Crippen molar-refractivity contribution in [3.8, 4) is 11.1 Å². The van der Waals surface area contributed by atoms with E-state index in [1.807, 2.05) is 19.1 Å². The molecule has 1 heterocycles. The number of carbonyl (C=O) groups is 1. The Bertz CT molecular complexity index is 700.